The number of aliphatic hydroxyl groups excluding tert-OH is 2. The van der Waals surface area contributed by atoms with Crippen LogP contribution in [0.3, 0.4) is 0 Å². The number of esters is 1. The van der Waals surface area contributed by atoms with Gasteiger partial charge in [0.1, 0.15) is 0 Å². The Morgan fingerprint density at radius 1 is 0.963 bits per heavy atom. The smallest absolute Gasteiger partial charge is 0.305 e. The maximum absolute atomic E-state index is 10.9. The molecule has 0 aliphatic rings. The Labute approximate surface area is 163 Å². The Kier molecular flexibility index (Phi) is 16.6. The fourth-order valence-electron chi connectivity index (χ4n) is 1.80. The van der Waals surface area contributed by atoms with Crippen molar-refractivity contribution < 1.29 is 19.7 Å². The Hall–Kier alpha value is -2.53. The highest BCUT2D eigenvalue weighted by Crippen LogP contribution is 1.99. The Morgan fingerprint density at radius 3 is 2.04 bits per heavy atom. The highest BCUT2D eigenvalue weighted by molar-refractivity contribution is 5.69. The molecule has 0 heterocycles. The largest absolute Gasteiger partial charge is 0.469 e. The molecule has 0 saturated carbocycles. The van der Waals surface area contributed by atoms with Crippen molar-refractivity contribution in [2.24, 2.45) is 0 Å². The number of allylic oxidation sites excluding steroid dienone is 4. The molecule has 2 atom stereocenters. The lowest BCUT2D eigenvalue weighted by atomic mass is 10.2. The number of hydrogen-bond donors (Lipinski definition) is 2. The Balaban J connectivity index is 3.96. The second-order valence-corrected chi connectivity index (χ2v) is 5.61. The van der Waals surface area contributed by atoms with E-state index in [4.69, 9.17) is 0 Å². The van der Waals surface area contributed by atoms with Gasteiger partial charge in [-0.25, -0.2) is 0 Å². The topological polar surface area (TPSA) is 66.8 Å². The van der Waals surface area contributed by atoms with Gasteiger partial charge in [-0.2, -0.15) is 0 Å². The number of aliphatic hydroxyl groups is 2. The summed E-state index contributed by atoms with van der Waals surface area (Å²) in [6, 6.07) is 0. The average molecular weight is 370 g/mol. The first-order valence-corrected chi connectivity index (χ1v) is 9.13. The van der Waals surface area contributed by atoms with Gasteiger partial charge in [0.05, 0.1) is 25.7 Å². The maximum atomic E-state index is 10.9. The number of rotatable bonds is 10. The summed E-state index contributed by atoms with van der Waals surface area (Å²) in [5, 5.41) is 19.4. The zero-order valence-corrected chi connectivity index (χ0v) is 16.2. The number of carbonyl (C=O) groups excluding carboxylic acids is 1. The van der Waals surface area contributed by atoms with Crippen molar-refractivity contribution in [3.05, 3.63) is 48.6 Å². The van der Waals surface area contributed by atoms with Crippen molar-refractivity contribution >= 4 is 5.97 Å². The highest BCUT2D eigenvalue weighted by Gasteiger charge is 1.97. The lowest BCUT2D eigenvalue weighted by molar-refractivity contribution is -0.140. The lowest BCUT2D eigenvalue weighted by Crippen LogP contribution is -2.00. The monoisotopic (exact) mass is 370 g/mol. The maximum Gasteiger partial charge on any atom is 0.305 e. The van der Waals surface area contributed by atoms with Crippen LogP contribution in [0.2, 0.25) is 0 Å². The van der Waals surface area contributed by atoms with Gasteiger partial charge in [0.2, 0.25) is 0 Å². The van der Waals surface area contributed by atoms with E-state index in [1.54, 1.807) is 24.3 Å². The number of methoxy groups -OCH3 is 1. The summed E-state index contributed by atoms with van der Waals surface area (Å²) in [6.45, 7) is 2.05. The number of ether oxygens (including phenoxy) is 1. The normalized spacial score (nSPS) is 13.5. The van der Waals surface area contributed by atoms with Gasteiger partial charge in [-0.15, -0.1) is 0 Å². The molecule has 4 heteroatoms. The van der Waals surface area contributed by atoms with E-state index in [1.807, 2.05) is 31.2 Å². The fourth-order valence-corrected chi connectivity index (χ4v) is 1.80. The van der Waals surface area contributed by atoms with Gasteiger partial charge in [0.15, 0.2) is 0 Å². The molecule has 0 amide bonds. The molecule has 0 bridgehead atoms. The van der Waals surface area contributed by atoms with Gasteiger partial charge in [-0.05, 0) is 50.0 Å². The minimum absolute atomic E-state index is 0.241. The van der Waals surface area contributed by atoms with Gasteiger partial charge in [0.25, 0.3) is 0 Å². The SMILES string of the molecule is CCC=CCC(O)C=CC#CCC#CC=CC(O)CC=CCCC(=O)OC. The lowest BCUT2D eigenvalue weighted by Gasteiger charge is -1.99. The van der Waals surface area contributed by atoms with Crippen LogP contribution in [-0.2, 0) is 9.53 Å². The van der Waals surface area contributed by atoms with Gasteiger partial charge in [-0.3, -0.25) is 4.79 Å². The van der Waals surface area contributed by atoms with E-state index < -0.39 is 12.2 Å². The molecule has 0 fully saturated rings. The van der Waals surface area contributed by atoms with Crippen molar-refractivity contribution in [1.82, 2.24) is 0 Å². The quantitative estimate of drug-likeness (QED) is 0.351. The molecule has 27 heavy (non-hydrogen) atoms. The molecule has 2 unspecified atom stereocenters. The van der Waals surface area contributed by atoms with E-state index in [-0.39, 0.29) is 5.97 Å². The molecule has 0 radical (unpaired) electrons. The third-order valence-electron chi connectivity index (χ3n) is 3.25. The average Bonchev–Trinajstić information content (AvgIpc) is 2.66. The molecule has 0 aromatic carbocycles. The first-order valence-electron chi connectivity index (χ1n) is 9.13. The van der Waals surface area contributed by atoms with Crippen LogP contribution in [0.1, 0.15) is 45.4 Å². The van der Waals surface area contributed by atoms with Crippen molar-refractivity contribution in [2.75, 3.05) is 7.11 Å². The van der Waals surface area contributed by atoms with Crippen LogP contribution in [0.4, 0.5) is 0 Å². The fraction of sp³-hybridized carbons (Fsp3) is 0.435. The number of hydrogen-bond acceptors (Lipinski definition) is 4. The summed E-state index contributed by atoms with van der Waals surface area (Å²) < 4.78 is 4.54. The summed E-state index contributed by atoms with van der Waals surface area (Å²) in [4.78, 5) is 10.9. The van der Waals surface area contributed by atoms with E-state index >= 15 is 0 Å². The Bertz CT molecular complexity index is 633. The summed E-state index contributed by atoms with van der Waals surface area (Å²) in [5.41, 5.74) is 0. The third-order valence-corrected chi connectivity index (χ3v) is 3.25. The van der Waals surface area contributed by atoms with Crippen LogP contribution in [0.15, 0.2) is 48.6 Å². The molecular formula is C23H30O4. The second kappa shape index (κ2) is 18.3. The molecule has 0 rings (SSSR count). The van der Waals surface area contributed by atoms with Gasteiger partial charge < -0.3 is 14.9 Å². The van der Waals surface area contributed by atoms with Crippen LogP contribution in [0, 0.1) is 23.7 Å². The summed E-state index contributed by atoms with van der Waals surface area (Å²) in [6.07, 6.45) is 16.5. The molecule has 4 nitrogen and oxygen atoms in total. The molecular weight excluding hydrogens is 340 g/mol. The highest BCUT2D eigenvalue weighted by atomic mass is 16.5. The summed E-state index contributed by atoms with van der Waals surface area (Å²) >= 11 is 0. The predicted molar refractivity (Wildman–Crippen MR) is 110 cm³/mol. The van der Waals surface area contributed by atoms with E-state index in [1.165, 1.54) is 7.11 Å². The van der Waals surface area contributed by atoms with E-state index in [0.29, 0.717) is 32.1 Å². The molecule has 0 saturated heterocycles. The van der Waals surface area contributed by atoms with Crippen molar-refractivity contribution in [1.29, 1.82) is 0 Å². The molecule has 0 aromatic rings. The molecule has 0 spiro atoms. The van der Waals surface area contributed by atoms with Crippen LogP contribution in [0.5, 0.6) is 0 Å². The van der Waals surface area contributed by atoms with Crippen LogP contribution >= 0.6 is 0 Å². The minimum Gasteiger partial charge on any atom is -0.469 e. The minimum atomic E-state index is -0.606. The van der Waals surface area contributed by atoms with Crippen LogP contribution in [0.25, 0.3) is 0 Å². The van der Waals surface area contributed by atoms with E-state index in [9.17, 15) is 15.0 Å². The Morgan fingerprint density at radius 2 is 1.52 bits per heavy atom. The molecule has 0 aliphatic heterocycles. The van der Waals surface area contributed by atoms with Crippen LogP contribution < -0.4 is 0 Å². The summed E-state index contributed by atoms with van der Waals surface area (Å²) in [7, 11) is 1.36. The van der Waals surface area contributed by atoms with Gasteiger partial charge in [0, 0.05) is 6.42 Å². The molecule has 0 aliphatic carbocycles. The van der Waals surface area contributed by atoms with E-state index in [2.05, 4.69) is 28.4 Å². The zero-order valence-electron chi connectivity index (χ0n) is 16.2. The van der Waals surface area contributed by atoms with Gasteiger partial charge in [-0.1, -0.05) is 54.9 Å². The van der Waals surface area contributed by atoms with E-state index in [0.717, 1.165) is 6.42 Å². The van der Waals surface area contributed by atoms with Crippen molar-refractivity contribution in [3.63, 3.8) is 0 Å². The number of carbonyl (C=O) groups is 1. The second-order valence-electron chi connectivity index (χ2n) is 5.61. The zero-order chi connectivity index (χ0) is 20.2. The summed E-state index contributed by atoms with van der Waals surface area (Å²) in [5.74, 6) is 11.1. The molecule has 0 aromatic heterocycles. The molecule has 146 valence electrons. The van der Waals surface area contributed by atoms with Crippen LogP contribution in [-0.4, -0.2) is 35.5 Å². The molecule has 2 N–H and O–H groups in total. The van der Waals surface area contributed by atoms with Gasteiger partial charge >= 0.3 is 5.97 Å². The standard InChI is InChI=1S/C23H30O4/c1-3-4-11-16-21(24)17-12-8-6-5-7-9-13-18-22(25)19-14-10-15-20-23(26)27-2/h4,10-14,17-18,21-22,24-25H,3,5,15-16,19-20H2,1-2H3. The van der Waals surface area contributed by atoms with Crippen molar-refractivity contribution in [2.45, 2.75) is 57.7 Å². The van der Waals surface area contributed by atoms with Crippen molar-refractivity contribution in [3.8, 4) is 23.7 Å². The third kappa shape index (κ3) is 18.1. The predicted octanol–water partition coefficient (Wildman–Crippen LogP) is 3.47. The first-order chi connectivity index (χ1) is 13.1. The first kappa shape index (κ1) is 24.5.